The van der Waals surface area contributed by atoms with Crippen LogP contribution in [0.15, 0.2) is 0 Å². The third kappa shape index (κ3) is 3.63. The van der Waals surface area contributed by atoms with Crippen molar-refractivity contribution in [3.05, 3.63) is 0 Å². The number of likely N-dealkylation sites (N-methyl/N-ethyl adjacent to an activating group) is 1. The summed E-state index contributed by atoms with van der Waals surface area (Å²) in [6, 6.07) is -0.487. The van der Waals surface area contributed by atoms with Crippen LogP contribution in [0.4, 0.5) is 4.79 Å². The van der Waals surface area contributed by atoms with E-state index < -0.39 is 9.84 Å². The van der Waals surface area contributed by atoms with Crippen molar-refractivity contribution >= 4 is 15.9 Å². The molecule has 1 aliphatic carbocycles. The van der Waals surface area contributed by atoms with Crippen molar-refractivity contribution in [1.29, 1.82) is 0 Å². The van der Waals surface area contributed by atoms with E-state index in [1.807, 2.05) is 0 Å². The topological polar surface area (TPSA) is 78.5 Å². The summed E-state index contributed by atoms with van der Waals surface area (Å²) in [7, 11) is 1.15. The molecule has 7 heteroatoms. The highest BCUT2D eigenvalue weighted by molar-refractivity contribution is 7.91. The Labute approximate surface area is 121 Å². The number of rotatable bonds is 4. The molecule has 1 atom stereocenters. The van der Waals surface area contributed by atoms with Crippen molar-refractivity contribution in [2.24, 2.45) is 0 Å². The molecule has 2 rings (SSSR count). The Kier molecular flexibility index (Phi) is 4.59. The Bertz CT molecular complexity index is 455. The first-order valence-corrected chi connectivity index (χ1v) is 9.07. The Hall–Kier alpha value is -0.820. The third-order valence-electron chi connectivity index (χ3n) is 4.63. The molecule has 2 aliphatic rings. The second-order valence-electron chi connectivity index (χ2n) is 6.25. The van der Waals surface area contributed by atoms with Crippen LogP contribution in [0.2, 0.25) is 0 Å². The molecule has 0 aromatic heterocycles. The fraction of sp³-hybridized carbons (Fsp3) is 0.923. The maximum atomic E-state index is 11.9. The van der Waals surface area contributed by atoms with Crippen LogP contribution in [-0.4, -0.2) is 63.1 Å². The van der Waals surface area contributed by atoms with Gasteiger partial charge in [-0.25, -0.2) is 13.2 Å². The van der Waals surface area contributed by atoms with E-state index in [2.05, 4.69) is 29.6 Å². The lowest BCUT2D eigenvalue weighted by Crippen LogP contribution is -2.53. The standard InChI is InChI=1S/C13H25N3O3S/c1-16(2)13(6-3-4-7-13)10-14-12(17)15-11-5-8-20(18,19)9-11/h11H,3-10H2,1-2H3,(H2,14,15,17)/t11-/m1/s1. The summed E-state index contributed by atoms with van der Waals surface area (Å²) in [5.41, 5.74) is 0.0547. The van der Waals surface area contributed by atoms with Crippen molar-refractivity contribution in [1.82, 2.24) is 15.5 Å². The zero-order valence-corrected chi connectivity index (χ0v) is 13.1. The van der Waals surface area contributed by atoms with Gasteiger partial charge in [-0.15, -0.1) is 0 Å². The number of urea groups is 1. The van der Waals surface area contributed by atoms with Crippen molar-refractivity contribution in [3.8, 4) is 0 Å². The highest BCUT2D eigenvalue weighted by Gasteiger charge is 2.36. The summed E-state index contributed by atoms with van der Waals surface area (Å²) in [6.07, 6.45) is 5.11. The molecule has 0 aromatic rings. The van der Waals surface area contributed by atoms with Crippen LogP contribution in [0.1, 0.15) is 32.1 Å². The number of hydrogen-bond donors (Lipinski definition) is 2. The largest absolute Gasteiger partial charge is 0.336 e. The van der Waals surface area contributed by atoms with E-state index in [1.165, 1.54) is 12.8 Å². The van der Waals surface area contributed by atoms with Crippen LogP contribution in [0.3, 0.4) is 0 Å². The third-order valence-corrected chi connectivity index (χ3v) is 6.40. The highest BCUT2D eigenvalue weighted by Crippen LogP contribution is 2.33. The van der Waals surface area contributed by atoms with Gasteiger partial charge in [-0.1, -0.05) is 12.8 Å². The highest BCUT2D eigenvalue weighted by atomic mass is 32.2. The number of carbonyl (C=O) groups is 1. The van der Waals surface area contributed by atoms with Gasteiger partial charge in [0.2, 0.25) is 0 Å². The molecule has 0 aromatic carbocycles. The first-order valence-electron chi connectivity index (χ1n) is 7.25. The van der Waals surface area contributed by atoms with Crippen LogP contribution in [-0.2, 0) is 9.84 Å². The van der Waals surface area contributed by atoms with Gasteiger partial charge in [-0.05, 0) is 33.4 Å². The first-order chi connectivity index (χ1) is 9.33. The Morgan fingerprint density at radius 3 is 2.45 bits per heavy atom. The second-order valence-corrected chi connectivity index (χ2v) is 8.48. The summed E-state index contributed by atoms with van der Waals surface area (Å²) in [4.78, 5) is 14.1. The zero-order valence-electron chi connectivity index (χ0n) is 12.3. The molecule has 6 nitrogen and oxygen atoms in total. The quantitative estimate of drug-likeness (QED) is 0.785. The van der Waals surface area contributed by atoms with Crippen molar-refractivity contribution in [3.63, 3.8) is 0 Å². The molecule has 116 valence electrons. The van der Waals surface area contributed by atoms with Gasteiger partial charge >= 0.3 is 6.03 Å². The van der Waals surface area contributed by atoms with E-state index in [4.69, 9.17) is 0 Å². The Morgan fingerprint density at radius 1 is 1.30 bits per heavy atom. The van der Waals surface area contributed by atoms with Crippen LogP contribution in [0, 0.1) is 0 Å². The predicted molar refractivity (Wildman–Crippen MR) is 78.5 cm³/mol. The van der Waals surface area contributed by atoms with Gasteiger partial charge in [0, 0.05) is 18.1 Å². The lowest BCUT2D eigenvalue weighted by molar-refractivity contribution is 0.154. The number of amides is 2. The summed E-state index contributed by atoms with van der Waals surface area (Å²) in [5.74, 6) is 0.249. The Morgan fingerprint density at radius 2 is 1.95 bits per heavy atom. The first kappa shape index (κ1) is 15.6. The minimum atomic E-state index is -2.95. The van der Waals surface area contributed by atoms with Gasteiger partial charge in [-0.3, -0.25) is 0 Å². The van der Waals surface area contributed by atoms with Gasteiger partial charge in [0.25, 0.3) is 0 Å². The number of sulfone groups is 1. The molecule has 20 heavy (non-hydrogen) atoms. The van der Waals surface area contributed by atoms with Gasteiger partial charge in [-0.2, -0.15) is 0 Å². The number of nitrogens with zero attached hydrogens (tertiary/aromatic N) is 1. The average Bonchev–Trinajstić information content (AvgIpc) is 2.94. The molecular formula is C13H25N3O3S. The maximum absolute atomic E-state index is 11.9. The lowest BCUT2D eigenvalue weighted by atomic mass is 9.96. The molecule has 1 saturated heterocycles. The minimum Gasteiger partial charge on any atom is -0.336 e. The van der Waals surface area contributed by atoms with Crippen molar-refractivity contribution in [2.45, 2.75) is 43.7 Å². The molecule has 2 N–H and O–H groups in total. The van der Waals surface area contributed by atoms with Crippen LogP contribution >= 0.6 is 0 Å². The van der Waals surface area contributed by atoms with Gasteiger partial charge in [0.05, 0.1) is 11.5 Å². The summed E-state index contributed by atoms with van der Waals surface area (Å²) in [6.45, 7) is 0.616. The predicted octanol–water partition coefficient (Wildman–Crippen LogP) is 0.347. The number of carbonyl (C=O) groups excluding carboxylic acids is 1. The van der Waals surface area contributed by atoms with E-state index in [1.54, 1.807) is 0 Å². The monoisotopic (exact) mass is 303 g/mol. The molecule has 2 amide bonds. The van der Waals surface area contributed by atoms with Crippen LogP contribution in [0.5, 0.6) is 0 Å². The molecular weight excluding hydrogens is 278 g/mol. The smallest absolute Gasteiger partial charge is 0.315 e. The minimum absolute atomic E-state index is 0.0547. The second kappa shape index (κ2) is 5.89. The van der Waals surface area contributed by atoms with E-state index in [0.29, 0.717) is 13.0 Å². The number of nitrogens with one attached hydrogen (secondary N) is 2. The number of hydrogen-bond acceptors (Lipinski definition) is 4. The van der Waals surface area contributed by atoms with Crippen molar-refractivity contribution in [2.75, 3.05) is 32.1 Å². The van der Waals surface area contributed by atoms with E-state index in [-0.39, 0.29) is 29.1 Å². The van der Waals surface area contributed by atoms with E-state index in [0.717, 1.165) is 12.8 Å². The molecule has 0 unspecified atom stereocenters. The summed E-state index contributed by atoms with van der Waals surface area (Å²) in [5, 5.41) is 5.68. The molecule has 1 heterocycles. The molecule has 0 bridgehead atoms. The van der Waals surface area contributed by atoms with Gasteiger partial charge in [0.1, 0.15) is 0 Å². The average molecular weight is 303 g/mol. The summed E-state index contributed by atoms with van der Waals surface area (Å²) < 4.78 is 22.7. The van der Waals surface area contributed by atoms with Crippen molar-refractivity contribution < 1.29 is 13.2 Å². The zero-order chi connectivity index (χ0) is 14.8. The summed E-state index contributed by atoms with van der Waals surface area (Å²) >= 11 is 0. The molecule has 1 aliphatic heterocycles. The molecule has 2 fully saturated rings. The SMILES string of the molecule is CN(C)C1(CNC(=O)N[C@@H]2CCS(=O)(=O)C2)CCCC1. The molecule has 0 radical (unpaired) electrons. The van der Waals surface area contributed by atoms with Crippen LogP contribution in [0.25, 0.3) is 0 Å². The fourth-order valence-corrected chi connectivity index (χ4v) is 4.88. The fourth-order valence-electron chi connectivity index (χ4n) is 3.21. The van der Waals surface area contributed by atoms with Crippen LogP contribution < -0.4 is 10.6 Å². The van der Waals surface area contributed by atoms with Gasteiger partial charge in [0.15, 0.2) is 9.84 Å². The van der Waals surface area contributed by atoms with Gasteiger partial charge < -0.3 is 15.5 Å². The molecule has 0 spiro atoms. The lowest BCUT2D eigenvalue weighted by Gasteiger charge is -2.36. The molecule has 1 saturated carbocycles. The normalized spacial score (nSPS) is 27.6. The van der Waals surface area contributed by atoms with E-state index >= 15 is 0 Å². The maximum Gasteiger partial charge on any atom is 0.315 e. The van der Waals surface area contributed by atoms with E-state index in [9.17, 15) is 13.2 Å². The Balaban J connectivity index is 1.80.